The van der Waals surface area contributed by atoms with Gasteiger partial charge in [0.2, 0.25) is 0 Å². The van der Waals surface area contributed by atoms with E-state index >= 15 is 0 Å². The minimum atomic E-state index is -0.515. The van der Waals surface area contributed by atoms with Gasteiger partial charge in [0.05, 0.1) is 18.9 Å². The van der Waals surface area contributed by atoms with Crippen LogP contribution in [0.5, 0.6) is 11.5 Å². The van der Waals surface area contributed by atoms with Crippen LogP contribution in [-0.4, -0.2) is 28.9 Å². The topological polar surface area (TPSA) is 75.8 Å². The zero-order chi connectivity index (χ0) is 22.7. The number of amides is 1. The summed E-state index contributed by atoms with van der Waals surface area (Å²) in [5.41, 5.74) is 6.55. The van der Waals surface area contributed by atoms with Crippen LogP contribution < -0.4 is 10.2 Å². The van der Waals surface area contributed by atoms with Crippen molar-refractivity contribution in [1.29, 1.82) is 0 Å². The molecule has 0 aliphatic heterocycles. The van der Waals surface area contributed by atoms with E-state index in [0.717, 1.165) is 27.7 Å². The van der Waals surface area contributed by atoms with Gasteiger partial charge in [-0.3, -0.25) is 4.79 Å². The Hall–Kier alpha value is -3.77. The lowest BCUT2D eigenvalue weighted by Gasteiger charge is -2.10. The van der Waals surface area contributed by atoms with Crippen molar-refractivity contribution in [1.82, 2.24) is 9.99 Å². The van der Waals surface area contributed by atoms with Gasteiger partial charge in [-0.2, -0.15) is 5.10 Å². The minimum absolute atomic E-state index is 0.112. The van der Waals surface area contributed by atoms with Gasteiger partial charge < -0.3 is 14.4 Å². The highest BCUT2D eigenvalue weighted by molar-refractivity contribution is 6.31. The SMILES string of the molecule is COc1ccc(C(=O)N/N=C\c2c(C)n(Cc3ccccc3Cl)c3ccccc23)c(O)c1. The van der Waals surface area contributed by atoms with Crippen molar-refractivity contribution in [2.75, 3.05) is 7.11 Å². The zero-order valence-corrected chi connectivity index (χ0v) is 18.4. The van der Waals surface area contributed by atoms with Crippen LogP contribution in [0.1, 0.15) is 27.2 Å². The maximum atomic E-state index is 12.4. The number of halogens is 1. The Morgan fingerprint density at radius 1 is 1.16 bits per heavy atom. The van der Waals surface area contributed by atoms with E-state index in [1.54, 1.807) is 12.3 Å². The first-order chi connectivity index (χ1) is 15.5. The second-order valence-corrected chi connectivity index (χ2v) is 7.68. The molecule has 0 spiro atoms. The molecule has 1 aromatic heterocycles. The van der Waals surface area contributed by atoms with E-state index in [4.69, 9.17) is 16.3 Å². The minimum Gasteiger partial charge on any atom is -0.507 e. The molecule has 3 aromatic carbocycles. The molecule has 0 atom stereocenters. The average Bonchev–Trinajstić information content (AvgIpc) is 3.06. The third-order valence-electron chi connectivity index (χ3n) is 5.38. The maximum Gasteiger partial charge on any atom is 0.275 e. The molecule has 162 valence electrons. The van der Waals surface area contributed by atoms with Crippen molar-refractivity contribution in [3.8, 4) is 11.5 Å². The standard InChI is InChI=1S/C25H22ClN3O3/c1-16-21(14-27-28-25(31)20-12-11-18(32-2)13-24(20)30)19-8-4-6-10-23(19)29(16)15-17-7-3-5-9-22(17)26/h3-14,30H,15H2,1-2H3,(H,28,31)/b27-14-. The van der Waals surface area contributed by atoms with Gasteiger partial charge in [-0.05, 0) is 36.8 Å². The number of phenolic OH excluding ortho intramolecular Hbond substituents is 1. The van der Waals surface area contributed by atoms with Gasteiger partial charge in [-0.15, -0.1) is 0 Å². The number of rotatable bonds is 6. The molecular weight excluding hydrogens is 426 g/mol. The average molecular weight is 448 g/mol. The number of para-hydroxylation sites is 1. The van der Waals surface area contributed by atoms with Crippen molar-refractivity contribution in [3.63, 3.8) is 0 Å². The van der Waals surface area contributed by atoms with Crippen molar-refractivity contribution in [2.45, 2.75) is 13.5 Å². The van der Waals surface area contributed by atoms with Crippen molar-refractivity contribution in [2.24, 2.45) is 5.10 Å². The second-order valence-electron chi connectivity index (χ2n) is 7.28. The summed E-state index contributed by atoms with van der Waals surface area (Å²) in [6.45, 7) is 2.63. The van der Waals surface area contributed by atoms with Gasteiger partial charge in [-0.1, -0.05) is 48.0 Å². The summed E-state index contributed by atoms with van der Waals surface area (Å²) in [6, 6.07) is 20.2. The van der Waals surface area contributed by atoms with E-state index in [-0.39, 0.29) is 11.3 Å². The number of aromatic hydroxyl groups is 1. The number of carbonyl (C=O) groups is 1. The molecular formula is C25H22ClN3O3. The molecule has 0 aliphatic carbocycles. The van der Waals surface area contributed by atoms with Gasteiger partial charge in [0.15, 0.2) is 0 Å². The largest absolute Gasteiger partial charge is 0.507 e. The lowest BCUT2D eigenvalue weighted by molar-refractivity contribution is 0.0952. The quantitative estimate of drug-likeness (QED) is 0.318. The fraction of sp³-hybridized carbons (Fsp3) is 0.120. The van der Waals surface area contributed by atoms with E-state index in [0.29, 0.717) is 17.3 Å². The normalized spacial score (nSPS) is 11.2. The van der Waals surface area contributed by atoms with E-state index < -0.39 is 5.91 Å². The molecule has 4 aromatic rings. The Labute approximate surface area is 190 Å². The number of nitrogens with zero attached hydrogens (tertiary/aromatic N) is 2. The number of carbonyl (C=O) groups excluding carboxylic acids is 1. The summed E-state index contributed by atoms with van der Waals surface area (Å²) in [6.07, 6.45) is 1.62. The van der Waals surface area contributed by atoms with Crippen LogP contribution in [0.4, 0.5) is 0 Å². The summed E-state index contributed by atoms with van der Waals surface area (Å²) in [5, 5.41) is 15.9. The van der Waals surface area contributed by atoms with Crippen molar-refractivity contribution >= 4 is 34.6 Å². The Bertz CT molecular complexity index is 1330. The number of ether oxygens (including phenoxy) is 1. The predicted molar refractivity (Wildman–Crippen MR) is 127 cm³/mol. The molecule has 1 amide bonds. The number of hydrogen-bond acceptors (Lipinski definition) is 4. The van der Waals surface area contributed by atoms with Crippen LogP contribution >= 0.6 is 11.6 Å². The van der Waals surface area contributed by atoms with E-state index in [2.05, 4.69) is 15.1 Å². The highest BCUT2D eigenvalue weighted by Crippen LogP contribution is 2.27. The van der Waals surface area contributed by atoms with Gasteiger partial charge >= 0.3 is 0 Å². The molecule has 4 rings (SSSR count). The lowest BCUT2D eigenvalue weighted by atomic mass is 10.1. The molecule has 1 heterocycles. The number of fused-ring (bicyclic) bond motifs is 1. The molecule has 7 heteroatoms. The van der Waals surface area contributed by atoms with Crippen LogP contribution in [0.25, 0.3) is 10.9 Å². The number of phenols is 1. The van der Waals surface area contributed by atoms with Crippen LogP contribution in [0.3, 0.4) is 0 Å². The third kappa shape index (κ3) is 4.18. The molecule has 0 saturated carbocycles. The van der Waals surface area contributed by atoms with Crippen LogP contribution in [-0.2, 0) is 6.54 Å². The van der Waals surface area contributed by atoms with Gasteiger partial charge in [-0.25, -0.2) is 5.43 Å². The monoisotopic (exact) mass is 447 g/mol. The van der Waals surface area contributed by atoms with Gasteiger partial charge in [0.25, 0.3) is 5.91 Å². The molecule has 32 heavy (non-hydrogen) atoms. The maximum absolute atomic E-state index is 12.4. The molecule has 0 unspecified atom stereocenters. The zero-order valence-electron chi connectivity index (χ0n) is 17.7. The van der Waals surface area contributed by atoms with E-state index in [1.165, 1.54) is 19.2 Å². The Morgan fingerprint density at radius 2 is 1.91 bits per heavy atom. The number of hydrazone groups is 1. The number of benzene rings is 3. The molecule has 2 N–H and O–H groups in total. The smallest absolute Gasteiger partial charge is 0.275 e. The summed E-state index contributed by atoms with van der Waals surface area (Å²) >= 11 is 6.38. The Morgan fingerprint density at radius 3 is 2.66 bits per heavy atom. The fourth-order valence-electron chi connectivity index (χ4n) is 3.67. The van der Waals surface area contributed by atoms with Crippen LogP contribution in [0.15, 0.2) is 71.8 Å². The Balaban J connectivity index is 1.62. The molecule has 0 aliphatic rings. The van der Waals surface area contributed by atoms with Crippen molar-refractivity contribution < 1.29 is 14.6 Å². The molecule has 0 fully saturated rings. The first-order valence-electron chi connectivity index (χ1n) is 10.0. The van der Waals surface area contributed by atoms with Crippen LogP contribution in [0, 0.1) is 6.92 Å². The van der Waals surface area contributed by atoms with E-state index in [1.807, 2.05) is 55.5 Å². The highest BCUT2D eigenvalue weighted by atomic mass is 35.5. The first kappa shape index (κ1) is 21.5. The molecule has 6 nitrogen and oxygen atoms in total. The van der Waals surface area contributed by atoms with Gasteiger partial charge in [0.1, 0.15) is 11.5 Å². The third-order valence-corrected chi connectivity index (χ3v) is 5.74. The summed E-state index contributed by atoms with van der Waals surface area (Å²) in [4.78, 5) is 12.4. The molecule has 0 bridgehead atoms. The Kier molecular flexibility index (Phi) is 6.14. The number of nitrogens with one attached hydrogen (secondary N) is 1. The lowest BCUT2D eigenvalue weighted by Crippen LogP contribution is -2.17. The van der Waals surface area contributed by atoms with Gasteiger partial charge in [0, 0.05) is 39.8 Å². The predicted octanol–water partition coefficient (Wildman–Crippen LogP) is 5.13. The van der Waals surface area contributed by atoms with E-state index in [9.17, 15) is 9.90 Å². The highest BCUT2D eigenvalue weighted by Gasteiger charge is 2.15. The summed E-state index contributed by atoms with van der Waals surface area (Å²) < 4.78 is 7.22. The summed E-state index contributed by atoms with van der Waals surface area (Å²) in [7, 11) is 1.49. The van der Waals surface area contributed by atoms with Crippen LogP contribution in [0.2, 0.25) is 5.02 Å². The fourth-order valence-corrected chi connectivity index (χ4v) is 3.86. The molecule has 0 radical (unpaired) electrons. The summed E-state index contributed by atoms with van der Waals surface area (Å²) in [5.74, 6) is -0.229. The number of aromatic nitrogens is 1. The first-order valence-corrected chi connectivity index (χ1v) is 10.4. The molecule has 0 saturated heterocycles. The number of methoxy groups -OCH3 is 1. The van der Waals surface area contributed by atoms with Crippen molar-refractivity contribution in [3.05, 3.63) is 94.1 Å². The number of hydrogen-bond donors (Lipinski definition) is 2. The second kappa shape index (κ2) is 9.16.